The number of hydrogen-bond acceptors (Lipinski definition) is 6. The first-order valence-corrected chi connectivity index (χ1v) is 8.61. The van der Waals surface area contributed by atoms with Gasteiger partial charge in [0.15, 0.2) is 0 Å². The molecule has 152 valence electrons. The quantitative estimate of drug-likeness (QED) is 0.337. The number of nitrogens with one attached hydrogen (secondary N) is 3. The van der Waals surface area contributed by atoms with Crippen LogP contribution in [0.1, 0.15) is 6.92 Å². The lowest BCUT2D eigenvalue weighted by Gasteiger charge is -2.21. The van der Waals surface area contributed by atoms with Crippen LogP contribution in [0.3, 0.4) is 0 Å². The number of carbonyl (C=O) groups excluding carboxylic acids is 3. The van der Waals surface area contributed by atoms with Gasteiger partial charge in [-0.2, -0.15) is 0 Å². The first kappa shape index (κ1) is 21.1. The summed E-state index contributed by atoms with van der Waals surface area (Å²) in [6, 6.07) is 4.15. The van der Waals surface area contributed by atoms with Crippen LogP contribution in [0.15, 0.2) is 18.2 Å². The van der Waals surface area contributed by atoms with E-state index in [1.54, 1.807) is 0 Å². The minimum absolute atomic E-state index is 0.128. The molecule has 1 atom stereocenters. The molecule has 0 aromatic heterocycles. The zero-order valence-electron chi connectivity index (χ0n) is 15.4. The van der Waals surface area contributed by atoms with Crippen molar-refractivity contribution in [2.75, 3.05) is 42.5 Å². The number of amides is 3. The highest BCUT2D eigenvalue weighted by Crippen LogP contribution is 2.27. The van der Waals surface area contributed by atoms with E-state index >= 15 is 0 Å². The first-order chi connectivity index (χ1) is 13.3. The van der Waals surface area contributed by atoms with Crippen LogP contribution in [0, 0.1) is 11.2 Å². The van der Waals surface area contributed by atoms with Crippen molar-refractivity contribution in [1.82, 2.24) is 10.6 Å². The van der Waals surface area contributed by atoms with Crippen molar-refractivity contribution in [1.29, 1.82) is 5.41 Å². The Morgan fingerprint density at radius 1 is 1.46 bits per heavy atom. The molecule has 10 nitrogen and oxygen atoms in total. The Hall–Kier alpha value is -3.21. The lowest BCUT2D eigenvalue weighted by atomic mass is 10.2. The molecule has 0 saturated carbocycles. The van der Waals surface area contributed by atoms with Crippen LogP contribution in [-0.4, -0.2) is 63.1 Å². The zero-order valence-corrected chi connectivity index (χ0v) is 15.4. The molecule has 0 spiro atoms. The van der Waals surface area contributed by atoms with Crippen LogP contribution in [0.4, 0.5) is 20.6 Å². The maximum absolute atomic E-state index is 14.6. The van der Waals surface area contributed by atoms with Gasteiger partial charge in [0.1, 0.15) is 11.9 Å². The smallest absolute Gasteiger partial charge is 0.414 e. The molecule has 0 unspecified atom stereocenters. The molecule has 3 amide bonds. The Bertz CT molecular complexity index is 759. The Morgan fingerprint density at radius 2 is 2.21 bits per heavy atom. The van der Waals surface area contributed by atoms with Crippen LogP contribution >= 0.6 is 0 Å². The number of hydrogen-bond donors (Lipinski definition) is 4. The van der Waals surface area contributed by atoms with Gasteiger partial charge < -0.3 is 26.0 Å². The van der Waals surface area contributed by atoms with E-state index < -0.39 is 18.0 Å². The minimum atomic E-state index is -0.635. The monoisotopic (exact) mass is 394 g/mol. The summed E-state index contributed by atoms with van der Waals surface area (Å²) in [5.41, 5.74) is 5.63. The van der Waals surface area contributed by atoms with Gasteiger partial charge in [-0.1, -0.05) is 0 Å². The van der Waals surface area contributed by atoms with Crippen LogP contribution in [0.5, 0.6) is 0 Å². The van der Waals surface area contributed by atoms with E-state index in [1.807, 2.05) is 0 Å². The number of carbonyl (C=O) groups is 3. The van der Waals surface area contributed by atoms with E-state index in [2.05, 4.69) is 10.6 Å². The summed E-state index contributed by atoms with van der Waals surface area (Å²) < 4.78 is 19.7. The van der Waals surface area contributed by atoms with E-state index in [0.717, 1.165) is 6.34 Å². The average Bonchev–Trinajstić information content (AvgIpc) is 3.04. The molecule has 5 N–H and O–H groups in total. The Labute approximate surface area is 161 Å². The zero-order chi connectivity index (χ0) is 20.7. The number of rotatable bonds is 9. The average molecular weight is 394 g/mol. The molecule has 1 aromatic rings. The first-order valence-electron chi connectivity index (χ1n) is 8.61. The topological polar surface area (TPSA) is 141 Å². The molecule has 0 aliphatic carbocycles. The predicted octanol–water partition coefficient (Wildman–Crippen LogP) is -0.225. The maximum atomic E-state index is 14.6. The van der Waals surface area contributed by atoms with Gasteiger partial charge in [0.05, 0.1) is 37.3 Å². The van der Waals surface area contributed by atoms with E-state index in [9.17, 15) is 18.8 Å². The van der Waals surface area contributed by atoms with E-state index in [1.165, 1.54) is 34.9 Å². The number of cyclic esters (lactones) is 1. The van der Waals surface area contributed by atoms with Crippen molar-refractivity contribution in [3.63, 3.8) is 0 Å². The fourth-order valence-electron chi connectivity index (χ4n) is 2.64. The van der Waals surface area contributed by atoms with Crippen molar-refractivity contribution in [3.05, 3.63) is 24.0 Å². The molecular formula is C17H23FN6O4. The van der Waals surface area contributed by atoms with Gasteiger partial charge in [-0.15, -0.1) is 0 Å². The van der Waals surface area contributed by atoms with Crippen molar-refractivity contribution in [3.8, 4) is 0 Å². The highest BCUT2D eigenvalue weighted by molar-refractivity contribution is 5.90. The van der Waals surface area contributed by atoms with Crippen molar-refractivity contribution < 1.29 is 23.5 Å². The molecule has 1 aromatic carbocycles. The largest absolute Gasteiger partial charge is 0.442 e. The summed E-state index contributed by atoms with van der Waals surface area (Å²) in [6.07, 6.45) is -0.209. The lowest BCUT2D eigenvalue weighted by Crippen LogP contribution is -2.37. The van der Waals surface area contributed by atoms with E-state index in [4.69, 9.17) is 15.9 Å². The van der Waals surface area contributed by atoms with Gasteiger partial charge in [0, 0.05) is 20.0 Å². The molecule has 1 saturated heterocycles. The Morgan fingerprint density at radius 3 is 2.82 bits per heavy atom. The summed E-state index contributed by atoms with van der Waals surface area (Å²) in [6.45, 7) is 1.93. The number of ether oxygens (including phenoxy) is 1. The van der Waals surface area contributed by atoms with Crippen LogP contribution < -0.4 is 26.2 Å². The Balaban J connectivity index is 2.04. The number of anilines is 2. The molecule has 1 fully saturated rings. The number of nitrogens with two attached hydrogens (primary N) is 1. The van der Waals surface area contributed by atoms with Crippen molar-refractivity contribution in [2.45, 2.75) is 13.0 Å². The van der Waals surface area contributed by atoms with Crippen molar-refractivity contribution >= 4 is 35.6 Å². The van der Waals surface area contributed by atoms with Gasteiger partial charge >= 0.3 is 6.09 Å². The molecule has 11 heteroatoms. The third-order valence-corrected chi connectivity index (χ3v) is 4.02. The molecule has 0 radical (unpaired) electrons. The van der Waals surface area contributed by atoms with Crippen LogP contribution in [0.25, 0.3) is 0 Å². The molecule has 1 heterocycles. The molecule has 1 aliphatic rings. The third-order valence-electron chi connectivity index (χ3n) is 4.02. The summed E-state index contributed by atoms with van der Waals surface area (Å²) in [5, 5.41) is 12.6. The highest BCUT2D eigenvalue weighted by Gasteiger charge is 2.32. The summed E-state index contributed by atoms with van der Waals surface area (Å²) in [5.74, 6) is -1.22. The molecule has 28 heavy (non-hydrogen) atoms. The third kappa shape index (κ3) is 5.39. The molecular weight excluding hydrogens is 371 g/mol. The van der Waals surface area contributed by atoms with Crippen LogP contribution in [-0.2, 0) is 14.3 Å². The van der Waals surface area contributed by atoms with Crippen molar-refractivity contribution in [2.24, 2.45) is 5.73 Å². The number of nitrogens with zero attached hydrogens (tertiary/aromatic N) is 2. The fourth-order valence-corrected chi connectivity index (χ4v) is 2.64. The van der Waals surface area contributed by atoms with E-state index in [-0.39, 0.29) is 50.2 Å². The Kier molecular flexibility index (Phi) is 7.27. The number of halogens is 1. The molecule has 1 aliphatic heterocycles. The maximum Gasteiger partial charge on any atom is 0.414 e. The summed E-state index contributed by atoms with van der Waals surface area (Å²) >= 11 is 0. The normalized spacial score (nSPS) is 15.8. The molecule has 0 bridgehead atoms. The van der Waals surface area contributed by atoms with Gasteiger partial charge in [-0.25, -0.2) is 9.18 Å². The van der Waals surface area contributed by atoms with Gasteiger partial charge in [-0.05, 0) is 18.2 Å². The van der Waals surface area contributed by atoms with Gasteiger partial charge in [0.25, 0.3) is 0 Å². The number of benzene rings is 1. The summed E-state index contributed by atoms with van der Waals surface area (Å²) in [4.78, 5) is 36.7. The summed E-state index contributed by atoms with van der Waals surface area (Å²) in [7, 11) is 0. The van der Waals surface area contributed by atoms with Crippen LogP contribution in [0.2, 0.25) is 0 Å². The van der Waals surface area contributed by atoms with Gasteiger partial charge in [0.2, 0.25) is 11.8 Å². The lowest BCUT2D eigenvalue weighted by molar-refractivity contribution is -0.120. The van der Waals surface area contributed by atoms with Gasteiger partial charge in [-0.3, -0.25) is 19.9 Å². The minimum Gasteiger partial charge on any atom is -0.442 e. The fraction of sp³-hybridized carbons (Fsp3) is 0.412. The standard InChI is InChI=1S/C17H23FN6O4/c1-11(25)22-8-13-9-24(17(27)28-13)12-2-3-15(14(18)6-12)23(10-20)5-4-21-16(26)7-19/h2-3,6,10,13,20H,4-5,7-9,19H2,1H3,(H,21,26)(H,22,25)/t13-/m0/s1. The predicted molar refractivity (Wildman–Crippen MR) is 101 cm³/mol. The molecule has 2 rings (SSSR count). The second kappa shape index (κ2) is 9.65. The van der Waals surface area contributed by atoms with E-state index in [0.29, 0.717) is 5.69 Å². The second-order valence-corrected chi connectivity index (χ2v) is 6.07. The highest BCUT2D eigenvalue weighted by atomic mass is 19.1. The second-order valence-electron chi connectivity index (χ2n) is 6.07. The SMILES string of the molecule is CC(=O)NC[C@H]1CN(c2ccc(N(C=N)CCNC(=O)CN)c(F)c2)C(=O)O1.